The second kappa shape index (κ2) is 14.8. The van der Waals surface area contributed by atoms with Crippen LogP contribution in [-0.2, 0) is 25.5 Å². The Morgan fingerprint density at radius 3 is 2.56 bits per heavy atom. The number of hydrogen-bond donors (Lipinski definition) is 4. The normalized spacial score (nSPS) is 14.9. The molecule has 0 amide bonds. The number of hydrogen-bond acceptors (Lipinski definition) is 13. The number of nitrogens with one attached hydrogen (secondary N) is 2. The van der Waals surface area contributed by atoms with Crippen molar-refractivity contribution >= 4 is 35.4 Å². The van der Waals surface area contributed by atoms with E-state index in [-0.39, 0.29) is 36.1 Å². The van der Waals surface area contributed by atoms with Crippen LogP contribution in [0.4, 0.5) is 5.69 Å². The number of thioether (sulfide) groups is 1. The second-order valence-electron chi connectivity index (χ2n) is 8.53. The predicted octanol–water partition coefficient (Wildman–Crippen LogP) is 2.80. The molecule has 1 aliphatic rings. The summed E-state index contributed by atoms with van der Waals surface area (Å²) in [6.07, 6.45) is 2.59. The highest BCUT2D eigenvalue weighted by Gasteiger charge is 2.33. The number of aliphatic carboxylic acids is 2. The van der Waals surface area contributed by atoms with Gasteiger partial charge in [-0.25, -0.2) is 4.79 Å². The van der Waals surface area contributed by atoms with E-state index in [0.29, 0.717) is 24.1 Å². The van der Waals surface area contributed by atoms with E-state index >= 15 is 0 Å². The number of nitrogens with zero attached hydrogens (tertiary/aromatic N) is 3. The average molecular weight is 592 g/mol. The number of carbonyl (C=O) groups is 3. The monoisotopic (exact) mass is 591 g/mol. The van der Waals surface area contributed by atoms with Gasteiger partial charge in [-0.2, -0.15) is 9.97 Å². The average Bonchev–Trinajstić information content (AvgIpc) is 2.94. The first-order valence-corrected chi connectivity index (χ1v) is 13.7. The zero-order chi connectivity index (χ0) is 29.9. The molecule has 4 N–H and O–H groups in total. The van der Waals surface area contributed by atoms with Crippen LogP contribution >= 0.6 is 11.8 Å². The molecule has 1 aliphatic heterocycles. The Hall–Kier alpha value is -4.44. The molecule has 1 aromatic carbocycles. The molecular formula is C25H29N5O10S. The largest absolute Gasteiger partial charge is 0.481 e. The zero-order valence-electron chi connectivity index (χ0n) is 22.2. The lowest BCUT2D eigenvalue weighted by atomic mass is 10.0. The minimum absolute atomic E-state index is 0.0117. The summed E-state index contributed by atoms with van der Waals surface area (Å²) in [6, 6.07) is 5.08. The van der Waals surface area contributed by atoms with Gasteiger partial charge >= 0.3 is 35.4 Å². The number of aromatic nitrogens is 2. The summed E-state index contributed by atoms with van der Waals surface area (Å²) >= 11 is 1.00. The molecule has 0 radical (unpaired) electrons. The summed E-state index contributed by atoms with van der Waals surface area (Å²) in [4.78, 5) is 53.9. The van der Waals surface area contributed by atoms with Gasteiger partial charge in [-0.15, -0.1) is 0 Å². The Balaban J connectivity index is 2.02. The predicted molar refractivity (Wildman–Crippen MR) is 144 cm³/mol. The molecule has 0 spiro atoms. The van der Waals surface area contributed by atoms with Gasteiger partial charge in [-0.1, -0.05) is 23.9 Å². The van der Waals surface area contributed by atoms with Gasteiger partial charge in [0.2, 0.25) is 0 Å². The van der Waals surface area contributed by atoms with Gasteiger partial charge in [0.25, 0.3) is 0 Å². The third-order valence-corrected chi connectivity index (χ3v) is 6.14. The van der Waals surface area contributed by atoms with Gasteiger partial charge in [-0.05, 0) is 49.1 Å². The number of carboxylic acid groups (broad SMARTS) is 2. The highest BCUT2D eigenvalue weighted by Crippen LogP contribution is 2.39. The topological polar surface area (TPSA) is 212 Å². The number of esters is 1. The number of carboxylic acids is 2. The van der Waals surface area contributed by atoms with Crippen molar-refractivity contribution in [2.24, 2.45) is 0 Å². The van der Waals surface area contributed by atoms with Crippen LogP contribution in [0.2, 0.25) is 0 Å². The molecule has 0 saturated carbocycles. The van der Waals surface area contributed by atoms with Crippen LogP contribution in [0.1, 0.15) is 43.5 Å². The van der Waals surface area contributed by atoms with Crippen molar-refractivity contribution in [1.82, 2.24) is 20.6 Å². The van der Waals surface area contributed by atoms with Crippen molar-refractivity contribution in [3.8, 4) is 17.5 Å². The van der Waals surface area contributed by atoms with E-state index in [0.717, 1.165) is 11.8 Å². The maximum atomic E-state index is 12.1. The van der Waals surface area contributed by atoms with Gasteiger partial charge in [0.05, 0.1) is 11.5 Å². The molecule has 1 aromatic heterocycles. The van der Waals surface area contributed by atoms with Crippen LogP contribution in [0.15, 0.2) is 35.6 Å². The molecule has 2 atom stereocenters. The molecule has 220 valence electrons. The first-order chi connectivity index (χ1) is 19.6. The fourth-order valence-electron chi connectivity index (χ4n) is 3.75. The smallest absolute Gasteiger partial charge is 0.392 e. The minimum atomic E-state index is -1.73. The molecule has 2 aromatic rings. The number of rotatable bonds is 15. The molecule has 0 saturated heterocycles. The van der Waals surface area contributed by atoms with E-state index in [1.54, 1.807) is 31.5 Å². The van der Waals surface area contributed by atoms with Crippen molar-refractivity contribution in [2.75, 3.05) is 19.4 Å². The van der Waals surface area contributed by atoms with E-state index in [1.165, 1.54) is 0 Å². The van der Waals surface area contributed by atoms with Crippen LogP contribution in [-0.4, -0.2) is 68.5 Å². The summed E-state index contributed by atoms with van der Waals surface area (Å²) in [7, 11) is 0. The van der Waals surface area contributed by atoms with Crippen LogP contribution in [0.3, 0.4) is 0 Å². The maximum absolute atomic E-state index is 12.1. The summed E-state index contributed by atoms with van der Waals surface area (Å²) < 4.78 is 16.3. The van der Waals surface area contributed by atoms with Crippen molar-refractivity contribution in [3.63, 3.8) is 0 Å². The van der Waals surface area contributed by atoms with Gasteiger partial charge in [0, 0.05) is 25.8 Å². The molecule has 0 fully saturated rings. The molecule has 0 aliphatic carbocycles. The summed E-state index contributed by atoms with van der Waals surface area (Å²) in [5.74, 6) is -4.20. The number of aryl methyl sites for hydroxylation is 1. The molecule has 41 heavy (non-hydrogen) atoms. The van der Waals surface area contributed by atoms with Gasteiger partial charge in [-0.3, -0.25) is 25.0 Å². The van der Waals surface area contributed by atoms with E-state index in [1.807, 2.05) is 12.1 Å². The van der Waals surface area contributed by atoms with Crippen LogP contribution in [0.25, 0.3) is 0 Å². The highest BCUT2D eigenvalue weighted by molar-refractivity contribution is 7.98. The van der Waals surface area contributed by atoms with E-state index in [2.05, 4.69) is 20.6 Å². The Bertz CT molecular complexity index is 1320. The van der Waals surface area contributed by atoms with Crippen molar-refractivity contribution < 1.29 is 43.7 Å². The zero-order valence-corrected chi connectivity index (χ0v) is 23.0. The number of ether oxygens (including phenoxy) is 3. The number of nitro groups is 1. The third-order valence-electron chi connectivity index (χ3n) is 5.59. The molecular weight excluding hydrogens is 562 g/mol. The van der Waals surface area contributed by atoms with Crippen molar-refractivity contribution in [3.05, 3.63) is 51.7 Å². The summed E-state index contributed by atoms with van der Waals surface area (Å²) in [6.45, 7) is 2.54. The second-order valence-corrected chi connectivity index (χ2v) is 9.30. The van der Waals surface area contributed by atoms with E-state index < -0.39 is 53.3 Å². The fraction of sp³-hybridized carbons (Fsp3) is 0.400. The van der Waals surface area contributed by atoms with Crippen molar-refractivity contribution in [2.45, 2.75) is 50.0 Å². The van der Waals surface area contributed by atoms with Gasteiger partial charge in [0.1, 0.15) is 11.9 Å². The maximum Gasteiger partial charge on any atom is 0.392 e. The van der Waals surface area contributed by atoms with Crippen LogP contribution in [0.5, 0.6) is 17.5 Å². The van der Waals surface area contributed by atoms with Crippen LogP contribution < -0.4 is 20.1 Å². The molecule has 15 nitrogen and oxygen atoms in total. The van der Waals surface area contributed by atoms with Gasteiger partial charge < -0.3 is 29.7 Å². The summed E-state index contributed by atoms with van der Waals surface area (Å²) in [5.41, 5.74) is 0.560. The third kappa shape index (κ3) is 9.04. The van der Waals surface area contributed by atoms with E-state index in [9.17, 15) is 29.6 Å². The summed E-state index contributed by atoms with van der Waals surface area (Å²) in [5, 5.41) is 36.9. The molecule has 2 heterocycles. The Labute approximate surface area is 238 Å². The standard InChI is InChI=1S/C25H29N5O10S/c1-3-38-19(33)8-5-14-11-15(21-26-9-4-10-27-21)13-16(12-14)39-22-20(30(36)37)23(29-25(28-22)41-2)40-17(24(34)35)6-7-18(31)32/h4,9,11-13,17,21,26-27H,3,5-8,10H2,1-2H3,(H,31,32)(H,34,35). The van der Waals surface area contributed by atoms with E-state index in [4.69, 9.17) is 19.3 Å². The lowest BCUT2D eigenvalue weighted by Gasteiger charge is -2.23. The molecule has 3 rings (SSSR count). The van der Waals surface area contributed by atoms with Crippen molar-refractivity contribution in [1.29, 1.82) is 0 Å². The first-order valence-electron chi connectivity index (χ1n) is 12.4. The highest BCUT2D eigenvalue weighted by atomic mass is 32.2. The molecule has 2 unspecified atom stereocenters. The Morgan fingerprint density at radius 2 is 1.95 bits per heavy atom. The Kier molecular flexibility index (Phi) is 11.2. The Morgan fingerprint density at radius 1 is 1.20 bits per heavy atom. The SMILES string of the molecule is CCOC(=O)CCc1cc(Oc2nc(SC)nc(OC(CCC(=O)O)C(=O)O)c2[N+](=O)[O-])cc(C2NC=CCN2)c1. The lowest BCUT2D eigenvalue weighted by molar-refractivity contribution is -0.387. The quantitative estimate of drug-likeness (QED) is 0.0770. The molecule has 0 bridgehead atoms. The van der Waals surface area contributed by atoms with Crippen LogP contribution in [0, 0.1) is 10.1 Å². The number of benzene rings is 1. The van der Waals surface area contributed by atoms with Gasteiger partial charge in [0.15, 0.2) is 11.3 Å². The fourth-order valence-corrected chi connectivity index (χ4v) is 4.10. The number of carbonyl (C=O) groups excluding carboxylic acids is 1. The minimum Gasteiger partial charge on any atom is -0.481 e. The lowest BCUT2D eigenvalue weighted by Crippen LogP contribution is -2.34. The molecule has 16 heteroatoms. The first kappa shape index (κ1) is 31.1.